The first-order chi connectivity index (χ1) is 8.43. The molecule has 0 aliphatic carbocycles. The van der Waals surface area contributed by atoms with Gasteiger partial charge in [-0.2, -0.15) is 4.98 Å². The number of methoxy groups -OCH3 is 1. The van der Waals surface area contributed by atoms with Crippen molar-refractivity contribution in [2.75, 3.05) is 30.8 Å². The molecule has 2 N–H and O–H groups in total. The normalized spacial score (nSPS) is 20.2. The van der Waals surface area contributed by atoms with Crippen LogP contribution in [0.5, 0.6) is 5.88 Å². The number of aromatic nitrogens is 2. The Morgan fingerprint density at radius 3 is 2.67 bits per heavy atom. The van der Waals surface area contributed by atoms with Crippen molar-refractivity contribution in [3.8, 4) is 5.88 Å². The van der Waals surface area contributed by atoms with Gasteiger partial charge in [-0.15, -0.1) is 0 Å². The summed E-state index contributed by atoms with van der Waals surface area (Å²) >= 11 is 0. The van der Waals surface area contributed by atoms with Crippen LogP contribution in [0.2, 0.25) is 0 Å². The van der Waals surface area contributed by atoms with Crippen molar-refractivity contribution in [2.24, 2.45) is 11.3 Å². The fourth-order valence-corrected chi connectivity index (χ4v) is 2.44. The fraction of sp³-hybridized carbons (Fsp3) is 0.692. The molecule has 0 spiro atoms. The lowest BCUT2D eigenvalue weighted by atomic mass is 9.80. The average molecular weight is 250 g/mol. The van der Waals surface area contributed by atoms with Gasteiger partial charge in [0.2, 0.25) is 5.88 Å². The largest absolute Gasteiger partial charge is 0.479 e. The van der Waals surface area contributed by atoms with E-state index in [1.165, 1.54) is 12.7 Å². The summed E-state index contributed by atoms with van der Waals surface area (Å²) in [5.41, 5.74) is 6.89. The molecule has 0 bridgehead atoms. The highest BCUT2D eigenvalue weighted by Crippen LogP contribution is 2.37. The Balaban J connectivity index is 2.20. The lowest BCUT2D eigenvalue weighted by Gasteiger charge is -2.27. The highest BCUT2D eigenvalue weighted by Gasteiger charge is 2.33. The summed E-state index contributed by atoms with van der Waals surface area (Å²) in [5, 5.41) is 0. The minimum absolute atomic E-state index is 0.320. The van der Waals surface area contributed by atoms with Crippen molar-refractivity contribution in [1.29, 1.82) is 0 Å². The van der Waals surface area contributed by atoms with E-state index in [0.717, 1.165) is 18.9 Å². The zero-order valence-corrected chi connectivity index (χ0v) is 11.6. The quantitative estimate of drug-likeness (QED) is 0.869. The van der Waals surface area contributed by atoms with E-state index in [1.807, 2.05) is 0 Å². The maximum Gasteiger partial charge on any atom is 0.242 e. The third kappa shape index (κ3) is 2.35. The predicted molar refractivity (Wildman–Crippen MR) is 72.8 cm³/mol. The molecular formula is C13H22N4O. The summed E-state index contributed by atoms with van der Waals surface area (Å²) in [4.78, 5) is 10.5. The number of nitrogens with zero attached hydrogens (tertiary/aromatic N) is 3. The van der Waals surface area contributed by atoms with Crippen molar-refractivity contribution in [1.82, 2.24) is 9.97 Å². The maximum absolute atomic E-state index is 6.04. The molecule has 1 aromatic heterocycles. The van der Waals surface area contributed by atoms with Crippen LogP contribution in [0.1, 0.15) is 27.2 Å². The summed E-state index contributed by atoms with van der Waals surface area (Å²) in [6.45, 7) is 8.83. The van der Waals surface area contributed by atoms with Crippen LogP contribution in [0.4, 0.5) is 11.5 Å². The van der Waals surface area contributed by atoms with E-state index in [2.05, 4.69) is 35.6 Å². The van der Waals surface area contributed by atoms with Gasteiger partial charge in [0.15, 0.2) is 5.82 Å². The van der Waals surface area contributed by atoms with Crippen molar-refractivity contribution in [2.45, 2.75) is 27.2 Å². The molecule has 100 valence electrons. The molecule has 2 rings (SSSR count). The van der Waals surface area contributed by atoms with Gasteiger partial charge >= 0.3 is 0 Å². The van der Waals surface area contributed by atoms with Gasteiger partial charge in [0.05, 0.1) is 7.11 Å². The van der Waals surface area contributed by atoms with Gasteiger partial charge in [0.1, 0.15) is 12.0 Å². The van der Waals surface area contributed by atoms with Crippen LogP contribution >= 0.6 is 0 Å². The average Bonchev–Trinajstić information content (AvgIpc) is 2.78. The van der Waals surface area contributed by atoms with Crippen LogP contribution in [-0.4, -0.2) is 30.2 Å². The summed E-state index contributed by atoms with van der Waals surface area (Å²) < 4.78 is 5.14. The van der Waals surface area contributed by atoms with E-state index >= 15 is 0 Å². The minimum Gasteiger partial charge on any atom is -0.479 e. The van der Waals surface area contributed by atoms with Crippen LogP contribution in [0, 0.1) is 11.3 Å². The van der Waals surface area contributed by atoms with E-state index in [9.17, 15) is 0 Å². The summed E-state index contributed by atoms with van der Waals surface area (Å²) in [6.07, 6.45) is 2.68. The molecule has 1 saturated heterocycles. The smallest absolute Gasteiger partial charge is 0.242 e. The Labute approximate surface area is 108 Å². The van der Waals surface area contributed by atoms with Gasteiger partial charge in [0.25, 0.3) is 0 Å². The number of anilines is 2. The summed E-state index contributed by atoms with van der Waals surface area (Å²) in [5.74, 6) is 1.92. The molecule has 1 unspecified atom stereocenters. The van der Waals surface area contributed by atoms with E-state index in [-0.39, 0.29) is 0 Å². The van der Waals surface area contributed by atoms with Crippen LogP contribution in [0.3, 0.4) is 0 Å². The van der Waals surface area contributed by atoms with Crippen molar-refractivity contribution in [3.05, 3.63) is 6.33 Å². The third-order valence-corrected chi connectivity index (χ3v) is 3.73. The minimum atomic E-state index is 0.320. The van der Waals surface area contributed by atoms with Gasteiger partial charge < -0.3 is 15.4 Å². The first kappa shape index (κ1) is 12.9. The molecule has 0 radical (unpaired) electrons. The van der Waals surface area contributed by atoms with Crippen LogP contribution in [0.25, 0.3) is 0 Å². The first-order valence-corrected chi connectivity index (χ1v) is 6.33. The van der Waals surface area contributed by atoms with Crippen molar-refractivity contribution in [3.63, 3.8) is 0 Å². The Hall–Kier alpha value is -1.52. The molecule has 0 saturated carbocycles. The molecule has 0 amide bonds. The first-order valence-electron chi connectivity index (χ1n) is 6.33. The third-order valence-electron chi connectivity index (χ3n) is 3.73. The number of nitrogens with two attached hydrogens (primary N) is 1. The Bertz CT molecular complexity index is 427. The molecule has 5 heteroatoms. The van der Waals surface area contributed by atoms with Gasteiger partial charge in [0, 0.05) is 13.1 Å². The summed E-state index contributed by atoms with van der Waals surface area (Å²) in [6, 6.07) is 0. The van der Waals surface area contributed by atoms with Crippen molar-refractivity contribution >= 4 is 11.5 Å². The highest BCUT2D eigenvalue weighted by molar-refractivity contribution is 5.68. The molecule has 1 aliphatic rings. The molecule has 2 heterocycles. The van der Waals surface area contributed by atoms with Gasteiger partial charge in [-0.05, 0) is 17.8 Å². The molecule has 1 aromatic rings. The Kier molecular flexibility index (Phi) is 3.32. The summed E-state index contributed by atoms with van der Waals surface area (Å²) in [7, 11) is 1.57. The fourth-order valence-electron chi connectivity index (χ4n) is 2.44. The van der Waals surface area contributed by atoms with Crippen LogP contribution in [0.15, 0.2) is 6.33 Å². The second-order valence-electron chi connectivity index (χ2n) is 5.92. The van der Waals surface area contributed by atoms with E-state index < -0.39 is 0 Å². The topological polar surface area (TPSA) is 64.3 Å². The number of hydrogen-bond donors (Lipinski definition) is 1. The van der Waals surface area contributed by atoms with Gasteiger partial charge in [-0.3, -0.25) is 0 Å². The number of nitrogen functional groups attached to an aromatic ring is 1. The standard InChI is InChI=1S/C13H22N4O/c1-13(2,3)9-5-6-17(7-9)11-10(14)12(18-4)16-8-15-11/h8-9H,5-7,14H2,1-4H3. The maximum atomic E-state index is 6.04. The van der Waals surface area contributed by atoms with Crippen LogP contribution < -0.4 is 15.4 Å². The van der Waals surface area contributed by atoms with Gasteiger partial charge in [-0.1, -0.05) is 20.8 Å². The van der Waals surface area contributed by atoms with Crippen molar-refractivity contribution < 1.29 is 4.74 Å². The Morgan fingerprint density at radius 1 is 1.39 bits per heavy atom. The lowest BCUT2D eigenvalue weighted by molar-refractivity contribution is 0.263. The van der Waals surface area contributed by atoms with E-state index in [1.54, 1.807) is 7.11 Å². The molecule has 5 nitrogen and oxygen atoms in total. The number of rotatable bonds is 2. The second-order valence-corrected chi connectivity index (χ2v) is 5.92. The van der Waals surface area contributed by atoms with Crippen LogP contribution in [-0.2, 0) is 0 Å². The van der Waals surface area contributed by atoms with E-state index in [0.29, 0.717) is 22.9 Å². The van der Waals surface area contributed by atoms with Gasteiger partial charge in [-0.25, -0.2) is 4.98 Å². The highest BCUT2D eigenvalue weighted by atomic mass is 16.5. The molecular weight excluding hydrogens is 228 g/mol. The van der Waals surface area contributed by atoms with E-state index in [4.69, 9.17) is 10.5 Å². The number of ether oxygens (including phenoxy) is 1. The second kappa shape index (κ2) is 4.63. The molecule has 18 heavy (non-hydrogen) atoms. The zero-order valence-electron chi connectivity index (χ0n) is 11.6. The lowest BCUT2D eigenvalue weighted by Crippen LogP contribution is -2.27. The predicted octanol–water partition coefficient (Wildman–Crippen LogP) is 1.94. The number of hydrogen-bond acceptors (Lipinski definition) is 5. The Morgan fingerprint density at radius 2 is 2.11 bits per heavy atom. The SMILES string of the molecule is COc1ncnc(N2CCC(C(C)(C)C)C2)c1N. The molecule has 0 aromatic carbocycles. The zero-order chi connectivity index (χ0) is 13.3. The molecule has 1 atom stereocenters. The monoisotopic (exact) mass is 250 g/mol. The molecule has 1 aliphatic heterocycles. The molecule has 1 fully saturated rings.